The fourth-order valence-electron chi connectivity index (χ4n) is 8.52. The van der Waals surface area contributed by atoms with Gasteiger partial charge in [-0.3, -0.25) is 37.7 Å². The zero-order valence-corrected chi connectivity index (χ0v) is 56.1. The summed E-state index contributed by atoms with van der Waals surface area (Å²) in [6, 6.07) is 0. The van der Waals surface area contributed by atoms with Crippen molar-refractivity contribution in [1.29, 1.82) is 0 Å². The monoisotopic (exact) mass is 1490 g/mol. The molecule has 6 rings (SSSR count). The molecule has 5 amide bonds. The van der Waals surface area contributed by atoms with Crippen molar-refractivity contribution in [1.82, 2.24) is 44.6 Å². The first-order chi connectivity index (χ1) is 48.2. The number of aromatic nitrogens is 6. The van der Waals surface area contributed by atoms with E-state index in [2.05, 4.69) is 125 Å². The Labute approximate surface area is 575 Å². The lowest BCUT2D eigenvalue weighted by molar-refractivity contribution is -0.173. The Balaban J connectivity index is 0.000000331. The van der Waals surface area contributed by atoms with Gasteiger partial charge in [0, 0.05) is 66.4 Å². The van der Waals surface area contributed by atoms with E-state index in [0.717, 1.165) is 26.8 Å². The zero-order valence-electron chi connectivity index (χ0n) is 55.1. The van der Waals surface area contributed by atoms with Gasteiger partial charge >= 0.3 is 53.3 Å². The largest absolute Gasteiger partial charge is 0.471 e. The molecule has 0 bridgehead atoms. The summed E-state index contributed by atoms with van der Waals surface area (Å²) in [5.74, 6) is 5.90. The minimum absolute atomic E-state index is 0.00724. The first kappa shape index (κ1) is 85.0. The molecule has 3 fully saturated rings. The molecular formula is C55H66F9N21O17Si. The average molecular weight is 1490 g/mol. The molecule has 3 aliphatic rings. The number of nitrogen functional groups attached to an aromatic ring is 1. The van der Waals surface area contributed by atoms with Crippen molar-refractivity contribution < 1.29 is 107 Å². The normalized spacial score (nSPS) is 19.8. The molecule has 6 heterocycles. The van der Waals surface area contributed by atoms with E-state index in [1.165, 1.54) is 19.3 Å². The molecular weight excluding hydrogens is 1430 g/mol. The zero-order chi connectivity index (χ0) is 77.2. The summed E-state index contributed by atoms with van der Waals surface area (Å²) in [5.41, 5.74) is 28.3. The maximum Gasteiger partial charge on any atom is 0.471 e. The number of nitrogens with two attached hydrogens (primary N) is 1. The highest BCUT2D eigenvalue weighted by molar-refractivity contribution is 6.74. The van der Waals surface area contributed by atoms with E-state index >= 15 is 0 Å². The van der Waals surface area contributed by atoms with Crippen LogP contribution in [0.4, 0.5) is 57.0 Å². The van der Waals surface area contributed by atoms with Crippen LogP contribution >= 0.6 is 0 Å². The van der Waals surface area contributed by atoms with E-state index in [4.69, 9.17) is 55.2 Å². The number of rotatable bonds is 22. The first-order valence-corrected chi connectivity index (χ1v) is 32.5. The smallest absolute Gasteiger partial charge is 0.414 e. The van der Waals surface area contributed by atoms with E-state index in [0.29, 0.717) is 0 Å². The number of halogens is 9. The third-order valence-electron chi connectivity index (χ3n) is 14.4. The number of hydrogen-bond donors (Lipinski definition) is 8. The van der Waals surface area contributed by atoms with Gasteiger partial charge in [-0.1, -0.05) is 71.6 Å². The minimum Gasteiger partial charge on any atom is -0.414 e. The van der Waals surface area contributed by atoms with Gasteiger partial charge in [0.25, 0.3) is 0 Å². The molecule has 0 saturated carbocycles. The number of aliphatic hydroxyl groups excluding tert-OH is 2. The summed E-state index contributed by atoms with van der Waals surface area (Å²) in [6.07, 6.45) is -18.4. The molecule has 9 N–H and O–H groups in total. The lowest BCUT2D eigenvalue weighted by Crippen LogP contribution is -2.44. The minimum atomic E-state index is -5.07. The van der Waals surface area contributed by atoms with Crippen LogP contribution in [-0.2, 0) is 56.8 Å². The maximum atomic E-state index is 12.9. The van der Waals surface area contributed by atoms with E-state index in [9.17, 15) is 88.1 Å². The van der Waals surface area contributed by atoms with Crippen LogP contribution in [0.5, 0.6) is 0 Å². The van der Waals surface area contributed by atoms with Gasteiger partial charge in [-0.15, -0.1) is 0 Å². The van der Waals surface area contributed by atoms with E-state index < -0.39 is 162 Å². The third kappa shape index (κ3) is 26.5. The number of aliphatic hydroxyl groups is 2. The Hall–Kier alpha value is -10.4. The molecule has 0 radical (unpaired) electrons. The average Bonchev–Trinajstić information content (AvgIpc) is 1.73. The Bertz CT molecular complexity index is 4080. The molecule has 3 aromatic heterocycles. The van der Waals surface area contributed by atoms with Crippen molar-refractivity contribution in [3.63, 3.8) is 0 Å². The number of hydrogen-bond acceptors (Lipinski definition) is 24. The summed E-state index contributed by atoms with van der Waals surface area (Å²) in [7, 11) is -2.18. The van der Waals surface area contributed by atoms with Crippen LogP contribution in [0.3, 0.4) is 0 Å². The van der Waals surface area contributed by atoms with Crippen molar-refractivity contribution in [2.24, 2.45) is 15.3 Å². The molecule has 9 unspecified atom stereocenters. The quantitative estimate of drug-likeness (QED) is 0.0179. The fourth-order valence-corrected chi connectivity index (χ4v) is 9.54. The molecule has 560 valence electrons. The molecule has 0 aromatic carbocycles. The number of carbonyl (C=O) groups excluding carboxylic acids is 5. The van der Waals surface area contributed by atoms with Crippen LogP contribution in [0.15, 0.2) is 48.3 Å². The molecule has 103 heavy (non-hydrogen) atoms. The van der Waals surface area contributed by atoms with Crippen molar-refractivity contribution in [3.8, 4) is 35.5 Å². The highest BCUT2D eigenvalue weighted by Crippen LogP contribution is 2.39. The number of amides is 5. The predicted octanol–water partition coefficient (Wildman–Crippen LogP) is 3.15. The van der Waals surface area contributed by atoms with E-state index in [-0.39, 0.29) is 85.2 Å². The number of azide groups is 3. The van der Waals surface area contributed by atoms with Gasteiger partial charge in [0.05, 0.1) is 74.5 Å². The van der Waals surface area contributed by atoms with Crippen LogP contribution in [-0.4, -0.2) is 192 Å². The topological polar surface area (TPSA) is 528 Å². The second-order valence-electron chi connectivity index (χ2n) is 22.7. The van der Waals surface area contributed by atoms with Crippen LogP contribution in [0.1, 0.15) is 89.3 Å². The molecule has 0 spiro atoms. The summed E-state index contributed by atoms with van der Waals surface area (Å²) >= 11 is 0. The summed E-state index contributed by atoms with van der Waals surface area (Å²) in [5, 5.41) is 38.0. The van der Waals surface area contributed by atoms with Crippen LogP contribution in [0.2, 0.25) is 18.1 Å². The van der Waals surface area contributed by atoms with Crippen LogP contribution in [0.25, 0.3) is 31.3 Å². The lowest BCUT2D eigenvalue weighted by atomic mass is 10.2. The number of ether oxygens (including phenoxy) is 6. The van der Waals surface area contributed by atoms with E-state index in [1.54, 1.807) is 16.0 Å². The Morgan fingerprint density at radius 2 is 0.893 bits per heavy atom. The summed E-state index contributed by atoms with van der Waals surface area (Å²) in [6.45, 7) is 9.08. The standard InChI is InChI=1S/C23H32F3N7O6Si.C17H18F3N7O6.C15H16F3N7O5/c1-14(34)30-19-15(8-7-9-28-20(35)23(24,25)26)11-33(21(36)31-19)18-10-16(37-13-29-32-27)17(39-18)12-38-40(5,6)22(2,3)4;1-9(29)24-14-10(3-2-4-22-15(30)17(18,19)20)6-27(16(31)25-14)13-5-11(12(7-28)33-13)32-8-23-26-21;16-15(17,18)13(27)21-3-1-2-8-5-25(14(28)23-12(8)19)11-4-9(10(6-26)30-11)29-7-22-24-20/h11,16-18H,9-10,12-13H2,1-6H3,(H,28,35)(H,30,31,34,36);6,11-13,28H,4-5,7-8H2,1H3,(H,22,30)(H,24,25,29,31);5,9-11,26H,3-4,6-7H2,(H,21,27)(H2,19,23,28). The van der Waals surface area contributed by atoms with Gasteiger partial charge in [0.15, 0.2) is 20.0 Å². The molecule has 3 aromatic rings. The summed E-state index contributed by atoms with van der Waals surface area (Å²) < 4.78 is 153. The molecule has 3 saturated heterocycles. The van der Waals surface area contributed by atoms with Gasteiger partial charge < -0.3 is 75.4 Å². The van der Waals surface area contributed by atoms with Crippen molar-refractivity contribution >= 4 is 55.3 Å². The Morgan fingerprint density at radius 1 is 0.583 bits per heavy atom. The number of carbonyl (C=O) groups is 5. The van der Waals surface area contributed by atoms with Crippen LogP contribution in [0, 0.1) is 35.5 Å². The maximum absolute atomic E-state index is 12.9. The molecule has 0 aliphatic carbocycles. The van der Waals surface area contributed by atoms with Crippen molar-refractivity contribution in [3.05, 3.63) is 98.1 Å². The Kier molecular flexibility index (Phi) is 31.9. The predicted molar refractivity (Wildman–Crippen MR) is 336 cm³/mol. The highest BCUT2D eigenvalue weighted by Gasteiger charge is 2.44. The fraction of sp³-hybridized carbons (Fsp3) is 0.582. The van der Waals surface area contributed by atoms with E-state index in [1.807, 2.05) is 0 Å². The highest BCUT2D eigenvalue weighted by atomic mass is 28.4. The van der Waals surface area contributed by atoms with Crippen molar-refractivity contribution in [2.75, 3.05) is 76.0 Å². The SMILES string of the molecule is CC(=O)Nc1nc(=O)n(C2CC(OCN=[N+]=[N-])C(CO)O2)cc1C#CCNC(=O)C(F)(F)F.CC(=O)Nc1nc(=O)n(C2CC(OCN=[N+]=[N-])C(CO[Si](C)(C)C(C)(C)C)O2)cc1C#CCNC(=O)C(F)(F)F.[N-]=[N+]=NCOC1CC(n2cc(C#CCNC(=O)C(F)(F)F)c(N)nc2=O)OC1CO. The molecule has 3 aliphatic heterocycles. The molecule has 9 atom stereocenters. The molecule has 48 heteroatoms. The number of alkyl halides is 9. The van der Waals surface area contributed by atoms with Gasteiger partial charge in [-0.05, 0) is 34.7 Å². The summed E-state index contributed by atoms with van der Waals surface area (Å²) in [4.78, 5) is 112. The second-order valence-corrected chi connectivity index (χ2v) is 27.5. The third-order valence-corrected chi connectivity index (χ3v) is 18.9. The van der Waals surface area contributed by atoms with Gasteiger partial charge in [0.2, 0.25) is 11.8 Å². The van der Waals surface area contributed by atoms with Gasteiger partial charge in [-0.2, -0.15) is 54.5 Å². The van der Waals surface area contributed by atoms with Gasteiger partial charge in [0.1, 0.15) is 63.0 Å². The number of anilines is 3. The van der Waals surface area contributed by atoms with Gasteiger partial charge in [-0.25, -0.2) is 14.4 Å². The number of nitrogens with one attached hydrogen (secondary N) is 5. The number of nitrogens with zero attached hydrogens (tertiary/aromatic N) is 15. The Morgan fingerprint density at radius 3 is 1.20 bits per heavy atom. The molecule has 38 nitrogen and oxygen atoms in total. The second kappa shape index (κ2) is 38.6. The van der Waals surface area contributed by atoms with Crippen LogP contribution < -0.4 is 49.4 Å². The first-order valence-electron chi connectivity index (χ1n) is 29.6. The van der Waals surface area contributed by atoms with Crippen molar-refractivity contribution in [2.45, 2.75) is 146 Å². The lowest BCUT2D eigenvalue weighted by Gasteiger charge is -2.37.